The van der Waals surface area contributed by atoms with Gasteiger partial charge >= 0.3 is 17.7 Å². The fourth-order valence-electron chi connectivity index (χ4n) is 8.27. The number of phenolic OH excluding ortho intramolecular Hbond substituents is 15. The molecule has 0 saturated carbocycles. The van der Waals surface area contributed by atoms with Crippen molar-refractivity contribution in [2.24, 2.45) is 0 Å². The SMILES string of the molecule is O=C(O[C@H]1Cc2c(O)cc3c(c2O[C@H]1c1cc(O)c(O)c(O)c1)[C@@H]1c2c(O)cc(O)cc2O[C@@](c2cc(O)c(O)c(O)c2)(O3)[C@@H]1OC(=O)c1cc(O)c(O)c(O)c1)c1cc(O)c(O)c(O)c1. The number of aromatic hydroxyl groups is 15. The summed E-state index contributed by atoms with van der Waals surface area (Å²) in [6, 6.07) is 9.40. The molecule has 3 heterocycles. The first-order valence-corrected chi connectivity index (χ1v) is 19.1. The third-order valence-electron chi connectivity index (χ3n) is 11.3. The number of ether oxygens (including phenoxy) is 5. The summed E-state index contributed by atoms with van der Waals surface area (Å²) in [5.41, 5.74) is -2.37. The Labute approximate surface area is 366 Å². The van der Waals surface area contributed by atoms with E-state index < -0.39 is 163 Å². The molecule has 2 bridgehead atoms. The summed E-state index contributed by atoms with van der Waals surface area (Å²) in [7, 11) is 0. The van der Waals surface area contributed by atoms with Crippen LogP contribution in [-0.2, 0) is 21.7 Å². The molecule has 3 aliphatic rings. The van der Waals surface area contributed by atoms with Crippen molar-refractivity contribution in [3.05, 3.63) is 106 Å². The number of fused-ring (bicyclic) bond motifs is 8. The average Bonchev–Trinajstić information content (AvgIpc) is 3.25. The van der Waals surface area contributed by atoms with Gasteiger partial charge in [0.2, 0.25) is 0 Å². The van der Waals surface area contributed by atoms with E-state index in [1.807, 2.05) is 0 Å². The Bertz CT molecular complexity index is 3000. The lowest BCUT2D eigenvalue weighted by Crippen LogP contribution is -2.59. The molecule has 3 aliphatic heterocycles. The lowest BCUT2D eigenvalue weighted by Gasteiger charge is -2.51. The van der Waals surface area contributed by atoms with Gasteiger partial charge in [-0.2, -0.15) is 0 Å². The van der Waals surface area contributed by atoms with Gasteiger partial charge < -0.3 is 100 Å². The van der Waals surface area contributed by atoms with Crippen molar-refractivity contribution in [2.75, 3.05) is 0 Å². The lowest BCUT2D eigenvalue weighted by molar-refractivity contribution is -0.219. The molecule has 22 nitrogen and oxygen atoms in total. The fraction of sp³-hybridized carbons (Fsp3) is 0.136. The maximum atomic E-state index is 14.2. The van der Waals surface area contributed by atoms with E-state index in [9.17, 15) is 86.2 Å². The summed E-state index contributed by atoms with van der Waals surface area (Å²) >= 11 is 0. The van der Waals surface area contributed by atoms with Gasteiger partial charge in [0.05, 0.1) is 17.0 Å². The van der Waals surface area contributed by atoms with E-state index in [4.69, 9.17) is 23.7 Å². The van der Waals surface area contributed by atoms with Crippen LogP contribution in [0.25, 0.3) is 0 Å². The molecule has 22 heteroatoms. The predicted octanol–water partition coefficient (Wildman–Crippen LogP) is 4.17. The Morgan fingerprint density at radius 3 is 1.47 bits per heavy atom. The Morgan fingerprint density at radius 2 is 0.955 bits per heavy atom. The molecule has 9 rings (SSSR count). The number of phenols is 15. The van der Waals surface area contributed by atoms with Crippen molar-refractivity contribution in [3.63, 3.8) is 0 Å². The van der Waals surface area contributed by atoms with Crippen LogP contribution in [-0.4, -0.2) is 101 Å². The quantitative estimate of drug-likeness (QED) is 0.0823. The maximum absolute atomic E-state index is 14.2. The highest BCUT2D eigenvalue weighted by Crippen LogP contribution is 2.64. The number of carbonyl (C=O) groups excluding carboxylic acids is 2. The van der Waals surface area contributed by atoms with Crippen LogP contribution in [0.15, 0.2) is 66.7 Å². The molecule has 5 atom stereocenters. The summed E-state index contributed by atoms with van der Waals surface area (Å²) in [6.45, 7) is 0. The predicted molar refractivity (Wildman–Crippen MR) is 214 cm³/mol. The molecule has 340 valence electrons. The van der Waals surface area contributed by atoms with Gasteiger partial charge in [-0.15, -0.1) is 0 Å². The molecule has 0 saturated heterocycles. The van der Waals surface area contributed by atoms with Gasteiger partial charge in [-0.05, 0) is 48.5 Å². The second-order valence-electron chi connectivity index (χ2n) is 15.4. The molecule has 0 aromatic heterocycles. The fourth-order valence-corrected chi connectivity index (χ4v) is 8.27. The van der Waals surface area contributed by atoms with E-state index in [1.54, 1.807) is 0 Å². The number of hydrogen-bond donors (Lipinski definition) is 15. The van der Waals surface area contributed by atoms with Crippen LogP contribution in [0.2, 0.25) is 0 Å². The number of benzene rings is 6. The Morgan fingerprint density at radius 1 is 0.500 bits per heavy atom. The van der Waals surface area contributed by atoms with Crippen molar-refractivity contribution >= 4 is 11.9 Å². The summed E-state index contributed by atoms with van der Waals surface area (Å²) in [6.07, 6.45) is -5.83. The first-order chi connectivity index (χ1) is 31.2. The first kappa shape index (κ1) is 42.0. The molecule has 6 aromatic rings. The molecule has 6 aromatic carbocycles. The Balaban J connectivity index is 1.28. The summed E-state index contributed by atoms with van der Waals surface area (Å²) < 4.78 is 31.2. The zero-order valence-corrected chi connectivity index (χ0v) is 32.9. The van der Waals surface area contributed by atoms with Crippen molar-refractivity contribution < 1.29 is 110 Å². The van der Waals surface area contributed by atoms with Gasteiger partial charge in [0.1, 0.15) is 40.6 Å². The minimum absolute atomic E-state index is 0.188. The average molecular weight is 913 g/mol. The molecular formula is C44H32O22. The van der Waals surface area contributed by atoms with Crippen molar-refractivity contribution in [1.82, 2.24) is 0 Å². The van der Waals surface area contributed by atoms with Crippen LogP contribution in [0.4, 0.5) is 0 Å². The number of esters is 2. The molecule has 66 heavy (non-hydrogen) atoms. The van der Waals surface area contributed by atoms with Crippen molar-refractivity contribution in [1.29, 1.82) is 0 Å². The Hall–Kier alpha value is -9.34. The number of carbonyl (C=O) groups is 2. The normalized spacial score (nSPS) is 20.0. The van der Waals surface area contributed by atoms with Crippen LogP contribution < -0.4 is 14.2 Å². The molecule has 0 aliphatic carbocycles. The van der Waals surface area contributed by atoms with Gasteiger partial charge in [0.15, 0.2) is 81.2 Å². The molecular weight excluding hydrogens is 880 g/mol. The summed E-state index contributed by atoms with van der Waals surface area (Å²) in [5.74, 6) is -21.4. The third kappa shape index (κ3) is 6.41. The van der Waals surface area contributed by atoms with E-state index in [0.717, 1.165) is 66.7 Å². The largest absolute Gasteiger partial charge is 0.508 e. The maximum Gasteiger partial charge on any atom is 0.339 e. The standard InChI is InChI=1S/C44H32O22/c45-17-9-20(47)32-29(10-17)65-44(16-7-27(54)38(59)28(55)8-16)41(64-43(61)15-5-25(52)37(58)26(53)6-15)34(32)33-30(66-44)12-19(46)18-11-31(62-42(60)14-3-23(50)36(57)24(51)4-14)39(63-40(18)33)13-1-21(48)35(56)22(49)2-13/h1-10,12,31,34,39,41,45-59H,11H2/t31-,34-,39-,41+,44-/m0/s1. The van der Waals surface area contributed by atoms with E-state index in [-0.39, 0.29) is 28.0 Å². The van der Waals surface area contributed by atoms with Gasteiger partial charge in [-0.3, -0.25) is 0 Å². The van der Waals surface area contributed by atoms with Crippen LogP contribution in [0.1, 0.15) is 60.6 Å². The highest BCUT2D eigenvalue weighted by atomic mass is 16.7. The second-order valence-corrected chi connectivity index (χ2v) is 15.4. The van der Waals surface area contributed by atoms with Gasteiger partial charge in [0, 0.05) is 52.4 Å². The minimum Gasteiger partial charge on any atom is -0.508 e. The highest BCUT2D eigenvalue weighted by molar-refractivity contribution is 5.92. The zero-order valence-electron chi connectivity index (χ0n) is 32.9. The first-order valence-electron chi connectivity index (χ1n) is 19.1. The van der Waals surface area contributed by atoms with Crippen LogP contribution in [0.5, 0.6) is 103 Å². The van der Waals surface area contributed by atoms with Gasteiger partial charge in [-0.25, -0.2) is 9.59 Å². The third-order valence-corrected chi connectivity index (χ3v) is 11.3. The molecule has 0 spiro atoms. The molecule has 0 radical (unpaired) electrons. The van der Waals surface area contributed by atoms with Crippen LogP contribution in [0, 0.1) is 0 Å². The molecule has 15 N–H and O–H groups in total. The van der Waals surface area contributed by atoms with Crippen LogP contribution in [0.3, 0.4) is 0 Å². The number of rotatable bonds is 6. The van der Waals surface area contributed by atoms with E-state index in [2.05, 4.69) is 0 Å². The second kappa shape index (κ2) is 14.6. The van der Waals surface area contributed by atoms with Crippen LogP contribution >= 0.6 is 0 Å². The minimum atomic E-state index is -2.67. The van der Waals surface area contributed by atoms with Crippen molar-refractivity contribution in [3.8, 4) is 103 Å². The molecule has 0 unspecified atom stereocenters. The topological polar surface area (TPSA) is 384 Å². The monoisotopic (exact) mass is 912 g/mol. The summed E-state index contributed by atoms with van der Waals surface area (Å²) in [5, 5.41) is 158. The van der Waals surface area contributed by atoms with Gasteiger partial charge in [-0.1, -0.05) is 0 Å². The zero-order chi connectivity index (χ0) is 47.4. The van der Waals surface area contributed by atoms with E-state index >= 15 is 0 Å². The van der Waals surface area contributed by atoms with Crippen molar-refractivity contribution in [2.45, 2.75) is 36.4 Å². The van der Waals surface area contributed by atoms with E-state index in [1.165, 1.54) is 0 Å². The van der Waals surface area contributed by atoms with E-state index in [0.29, 0.717) is 0 Å². The Kier molecular flexibility index (Phi) is 9.30. The van der Waals surface area contributed by atoms with Gasteiger partial charge in [0.25, 0.3) is 0 Å². The summed E-state index contributed by atoms with van der Waals surface area (Å²) in [4.78, 5) is 27.8. The smallest absolute Gasteiger partial charge is 0.339 e. The molecule has 0 fully saturated rings. The highest BCUT2D eigenvalue weighted by Gasteiger charge is 2.63. The number of hydrogen-bond acceptors (Lipinski definition) is 22. The lowest BCUT2D eigenvalue weighted by atomic mass is 9.73. The molecule has 0 amide bonds.